The fourth-order valence-electron chi connectivity index (χ4n) is 1.79. The average molecular weight is 258 g/mol. The van der Waals surface area contributed by atoms with Gasteiger partial charge in [-0.05, 0) is 6.07 Å². The highest BCUT2D eigenvalue weighted by Gasteiger charge is 2.37. The minimum atomic E-state index is -3.19. The fourth-order valence-corrected chi connectivity index (χ4v) is 1.79. The fraction of sp³-hybridized carbons (Fsp3) is 0.273. The van der Waals surface area contributed by atoms with Gasteiger partial charge in [-0.1, -0.05) is 6.08 Å². The SMILES string of the molecule is O=[N+]([O-])c1ccc(C2=CCNCC2(F)F)c(F)c1. The number of halogens is 3. The van der Waals surface area contributed by atoms with Crippen molar-refractivity contribution in [3.63, 3.8) is 0 Å². The summed E-state index contributed by atoms with van der Waals surface area (Å²) >= 11 is 0. The zero-order chi connectivity index (χ0) is 13.3. The van der Waals surface area contributed by atoms with Crippen LogP contribution in [0.1, 0.15) is 5.56 Å². The Kier molecular flexibility index (Phi) is 3.08. The number of alkyl halides is 2. The zero-order valence-corrected chi connectivity index (χ0v) is 9.12. The summed E-state index contributed by atoms with van der Waals surface area (Å²) in [5.41, 5.74) is -1.20. The number of nitrogens with zero attached hydrogens (tertiary/aromatic N) is 1. The molecule has 0 saturated carbocycles. The molecule has 1 aromatic rings. The van der Waals surface area contributed by atoms with Gasteiger partial charge in [0.25, 0.3) is 11.6 Å². The number of nitro benzene ring substituents is 1. The normalized spacial score (nSPS) is 18.3. The lowest BCUT2D eigenvalue weighted by atomic mass is 9.96. The van der Waals surface area contributed by atoms with Crippen molar-refractivity contribution in [2.24, 2.45) is 0 Å². The van der Waals surface area contributed by atoms with Crippen LogP contribution in [-0.4, -0.2) is 23.9 Å². The number of hydrogen-bond acceptors (Lipinski definition) is 3. The smallest absolute Gasteiger partial charge is 0.285 e. The third-order valence-corrected chi connectivity index (χ3v) is 2.65. The molecule has 0 bridgehead atoms. The highest BCUT2D eigenvalue weighted by Crippen LogP contribution is 2.35. The molecule has 0 saturated heterocycles. The van der Waals surface area contributed by atoms with Gasteiger partial charge in [0.15, 0.2) is 0 Å². The molecule has 0 fully saturated rings. The number of nitrogens with one attached hydrogen (secondary N) is 1. The van der Waals surface area contributed by atoms with Crippen LogP contribution in [0.15, 0.2) is 24.3 Å². The molecule has 1 aromatic carbocycles. The standard InChI is InChI=1S/C11H9F3N2O2/c12-10-5-7(16(17)18)1-2-8(10)9-3-4-15-6-11(9,13)14/h1-3,5,15H,4,6H2. The second-order valence-corrected chi connectivity index (χ2v) is 3.87. The van der Waals surface area contributed by atoms with E-state index in [-0.39, 0.29) is 12.1 Å². The van der Waals surface area contributed by atoms with Crippen molar-refractivity contribution in [2.45, 2.75) is 5.92 Å². The van der Waals surface area contributed by atoms with Gasteiger partial charge in [0, 0.05) is 23.7 Å². The van der Waals surface area contributed by atoms with Crippen LogP contribution >= 0.6 is 0 Å². The molecule has 18 heavy (non-hydrogen) atoms. The first-order chi connectivity index (χ1) is 8.42. The van der Waals surface area contributed by atoms with Gasteiger partial charge in [0.1, 0.15) is 5.82 Å². The second-order valence-electron chi connectivity index (χ2n) is 3.87. The maximum Gasteiger partial charge on any atom is 0.285 e. The molecule has 7 heteroatoms. The van der Waals surface area contributed by atoms with Gasteiger partial charge < -0.3 is 5.32 Å². The zero-order valence-electron chi connectivity index (χ0n) is 9.12. The number of benzene rings is 1. The first kappa shape index (κ1) is 12.6. The first-order valence-electron chi connectivity index (χ1n) is 5.15. The van der Waals surface area contributed by atoms with E-state index in [1.54, 1.807) is 0 Å². The van der Waals surface area contributed by atoms with Gasteiger partial charge in [-0.15, -0.1) is 0 Å². The van der Waals surface area contributed by atoms with Crippen molar-refractivity contribution in [2.75, 3.05) is 13.1 Å². The van der Waals surface area contributed by atoms with Crippen molar-refractivity contribution >= 4 is 11.3 Å². The van der Waals surface area contributed by atoms with Crippen LogP contribution in [0.2, 0.25) is 0 Å². The molecule has 0 radical (unpaired) electrons. The van der Waals surface area contributed by atoms with Crippen LogP contribution in [0.25, 0.3) is 5.57 Å². The maximum absolute atomic E-state index is 13.6. The Morgan fingerprint density at radius 3 is 2.67 bits per heavy atom. The van der Waals surface area contributed by atoms with Crippen LogP contribution in [0.3, 0.4) is 0 Å². The van der Waals surface area contributed by atoms with E-state index in [0.717, 1.165) is 12.1 Å². The van der Waals surface area contributed by atoms with Crippen molar-refractivity contribution < 1.29 is 18.1 Å². The summed E-state index contributed by atoms with van der Waals surface area (Å²) in [5, 5.41) is 12.9. The van der Waals surface area contributed by atoms with E-state index < -0.39 is 34.5 Å². The molecule has 4 nitrogen and oxygen atoms in total. The molecular weight excluding hydrogens is 249 g/mol. The van der Waals surface area contributed by atoms with Crippen LogP contribution in [-0.2, 0) is 0 Å². The van der Waals surface area contributed by atoms with Gasteiger partial charge >= 0.3 is 0 Å². The highest BCUT2D eigenvalue weighted by molar-refractivity contribution is 5.73. The predicted octanol–water partition coefficient (Wildman–Crippen LogP) is 2.36. The van der Waals surface area contributed by atoms with E-state index in [1.807, 2.05) is 0 Å². The molecule has 0 atom stereocenters. The molecule has 0 unspecified atom stereocenters. The van der Waals surface area contributed by atoms with Crippen LogP contribution in [0.4, 0.5) is 18.9 Å². The lowest BCUT2D eigenvalue weighted by molar-refractivity contribution is -0.385. The summed E-state index contributed by atoms with van der Waals surface area (Å²) in [7, 11) is 0. The summed E-state index contributed by atoms with van der Waals surface area (Å²) in [5.74, 6) is -4.20. The lowest BCUT2D eigenvalue weighted by Gasteiger charge is -2.25. The van der Waals surface area contributed by atoms with Crippen molar-refractivity contribution in [3.05, 3.63) is 45.8 Å². The summed E-state index contributed by atoms with van der Waals surface area (Å²) < 4.78 is 40.8. The number of hydrogen-bond donors (Lipinski definition) is 1. The molecule has 1 aliphatic rings. The summed E-state index contributed by atoms with van der Waals surface area (Å²) in [6.45, 7) is -0.364. The van der Waals surface area contributed by atoms with Crippen molar-refractivity contribution in [1.82, 2.24) is 5.32 Å². The third kappa shape index (κ3) is 2.21. The van der Waals surface area contributed by atoms with Crippen LogP contribution in [0.5, 0.6) is 0 Å². The number of nitro groups is 1. The third-order valence-electron chi connectivity index (χ3n) is 2.65. The topological polar surface area (TPSA) is 55.2 Å². The molecule has 2 rings (SSSR count). The van der Waals surface area contributed by atoms with E-state index >= 15 is 0 Å². The van der Waals surface area contributed by atoms with E-state index in [9.17, 15) is 23.3 Å². The molecule has 1 aliphatic heterocycles. The summed E-state index contributed by atoms with van der Waals surface area (Å²) in [6.07, 6.45) is 1.19. The summed E-state index contributed by atoms with van der Waals surface area (Å²) in [6, 6.07) is 2.67. The molecule has 1 heterocycles. The second kappa shape index (κ2) is 4.41. The monoisotopic (exact) mass is 258 g/mol. The van der Waals surface area contributed by atoms with Gasteiger partial charge in [-0.2, -0.15) is 8.78 Å². The Balaban J connectivity index is 2.46. The molecular formula is C11H9F3N2O2. The highest BCUT2D eigenvalue weighted by atomic mass is 19.3. The Bertz CT molecular complexity index is 529. The summed E-state index contributed by atoms with van der Waals surface area (Å²) in [4.78, 5) is 9.66. The van der Waals surface area contributed by atoms with Crippen LogP contribution in [0, 0.1) is 15.9 Å². The van der Waals surface area contributed by atoms with Crippen molar-refractivity contribution in [3.8, 4) is 0 Å². The predicted molar refractivity (Wildman–Crippen MR) is 58.8 cm³/mol. The molecule has 0 aromatic heterocycles. The van der Waals surface area contributed by atoms with E-state index in [2.05, 4.69) is 5.32 Å². The van der Waals surface area contributed by atoms with Gasteiger partial charge in [-0.25, -0.2) is 4.39 Å². The minimum Gasteiger partial charge on any atom is -0.307 e. The van der Waals surface area contributed by atoms with E-state index in [0.29, 0.717) is 6.07 Å². The Hall–Kier alpha value is -1.89. The van der Waals surface area contributed by atoms with Gasteiger partial charge in [0.2, 0.25) is 0 Å². The Morgan fingerprint density at radius 2 is 2.11 bits per heavy atom. The largest absolute Gasteiger partial charge is 0.307 e. The quantitative estimate of drug-likeness (QED) is 0.654. The molecule has 0 spiro atoms. The average Bonchev–Trinajstić information content (AvgIpc) is 2.29. The molecule has 1 N–H and O–H groups in total. The Labute approximate surface area is 100 Å². The number of rotatable bonds is 2. The lowest BCUT2D eigenvalue weighted by Crippen LogP contribution is -2.38. The first-order valence-corrected chi connectivity index (χ1v) is 5.15. The van der Waals surface area contributed by atoms with Crippen molar-refractivity contribution in [1.29, 1.82) is 0 Å². The Morgan fingerprint density at radius 1 is 1.39 bits per heavy atom. The maximum atomic E-state index is 13.6. The van der Waals surface area contributed by atoms with Crippen LogP contribution < -0.4 is 5.32 Å². The minimum absolute atomic E-state index is 0.210. The van der Waals surface area contributed by atoms with E-state index in [4.69, 9.17) is 0 Å². The van der Waals surface area contributed by atoms with Gasteiger partial charge in [-0.3, -0.25) is 10.1 Å². The molecule has 0 amide bonds. The molecule has 0 aliphatic carbocycles. The molecule has 96 valence electrons. The number of non-ortho nitro benzene ring substituents is 1. The van der Waals surface area contributed by atoms with E-state index in [1.165, 1.54) is 6.08 Å². The van der Waals surface area contributed by atoms with Gasteiger partial charge in [0.05, 0.1) is 17.5 Å².